The van der Waals surface area contributed by atoms with Crippen LogP contribution >= 0.6 is 0 Å². The minimum Gasteiger partial charge on any atom is -0.473 e. The number of hydrogen-bond acceptors (Lipinski definition) is 3. The van der Waals surface area contributed by atoms with Gasteiger partial charge in [0.15, 0.2) is 0 Å². The maximum absolute atomic E-state index is 4.40. The molecule has 247 valence electrons. The van der Waals surface area contributed by atoms with Crippen LogP contribution in [0.1, 0.15) is 101 Å². The van der Waals surface area contributed by atoms with Gasteiger partial charge in [-0.05, 0) is 74.3 Å². The van der Waals surface area contributed by atoms with Crippen LogP contribution in [0.3, 0.4) is 0 Å². The van der Waals surface area contributed by atoms with Crippen LogP contribution in [0.4, 0.5) is 22.7 Å². The number of anilines is 4. The number of para-hydroxylation sites is 5. The van der Waals surface area contributed by atoms with Gasteiger partial charge in [0.25, 0.3) is 0 Å². The molecular formula is C42H46AuN4-2. The maximum Gasteiger partial charge on any atom is 0.0345 e. The predicted molar refractivity (Wildman–Crippen MR) is 197 cm³/mol. The van der Waals surface area contributed by atoms with Crippen LogP contribution in [0, 0.1) is 6.67 Å². The molecule has 4 aromatic carbocycles. The molecular weight excluding hydrogens is 757 g/mol. The molecule has 0 amide bonds. The van der Waals surface area contributed by atoms with Gasteiger partial charge >= 0.3 is 0 Å². The van der Waals surface area contributed by atoms with E-state index in [9.17, 15) is 0 Å². The fourth-order valence-corrected chi connectivity index (χ4v) is 6.66. The van der Waals surface area contributed by atoms with Crippen LogP contribution < -0.4 is 14.8 Å². The van der Waals surface area contributed by atoms with E-state index in [0.29, 0.717) is 23.7 Å². The third-order valence-electron chi connectivity index (χ3n) is 9.01. The minimum absolute atomic E-state index is 0. The number of pyridine rings is 1. The van der Waals surface area contributed by atoms with Gasteiger partial charge in [-0.2, -0.15) is 0 Å². The number of benzene rings is 4. The third kappa shape index (κ3) is 6.65. The van der Waals surface area contributed by atoms with E-state index >= 15 is 0 Å². The minimum atomic E-state index is 0. The summed E-state index contributed by atoms with van der Waals surface area (Å²) in [5, 5.41) is 2.32. The monoisotopic (exact) mass is 803 g/mol. The molecule has 2 aromatic heterocycles. The van der Waals surface area contributed by atoms with E-state index in [4.69, 9.17) is 0 Å². The largest absolute Gasteiger partial charge is 0.473 e. The molecule has 7 rings (SSSR count). The van der Waals surface area contributed by atoms with Crippen molar-refractivity contribution >= 4 is 44.7 Å². The molecule has 0 unspecified atom stereocenters. The van der Waals surface area contributed by atoms with E-state index in [1.54, 1.807) is 6.20 Å². The summed E-state index contributed by atoms with van der Waals surface area (Å²) >= 11 is 0. The second-order valence-electron chi connectivity index (χ2n) is 13.5. The van der Waals surface area contributed by atoms with E-state index in [-0.39, 0.29) is 22.4 Å². The molecule has 0 saturated heterocycles. The Labute approximate surface area is 296 Å². The average molecular weight is 804 g/mol. The van der Waals surface area contributed by atoms with Gasteiger partial charge in [-0.15, -0.1) is 6.67 Å². The molecule has 5 heteroatoms. The van der Waals surface area contributed by atoms with Crippen molar-refractivity contribution < 1.29 is 22.4 Å². The number of fused-ring (bicyclic) bond motifs is 4. The van der Waals surface area contributed by atoms with Crippen molar-refractivity contribution in [3.05, 3.63) is 132 Å². The van der Waals surface area contributed by atoms with Gasteiger partial charge < -0.3 is 19.8 Å². The third-order valence-corrected chi connectivity index (χ3v) is 9.01. The molecule has 4 nitrogen and oxygen atoms in total. The van der Waals surface area contributed by atoms with Crippen LogP contribution in [0.15, 0.2) is 103 Å². The molecule has 1 aliphatic heterocycles. The molecule has 0 N–H and O–H groups in total. The topological polar surface area (TPSA) is 33.5 Å². The Morgan fingerprint density at radius 1 is 0.511 bits per heavy atom. The summed E-state index contributed by atoms with van der Waals surface area (Å²) in [5.41, 5.74) is 12.6. The summed E-state index contributed by atoms with van der Waals surface area (Å²) in [7, 11) is 0. The van der Waals surface area contributed by atoms with E-state index in [0.717, 1.165) is 16.6 Å². The van der Waals surface area contributed by atoms with Crippen molar-refractivity contribution in [2.75, 3.05) is 9.80 Å². The number of hydrogen-bond donors (Lipinski definition) is 0. The average Bonchev–Trinajstić information content (AvgIpc) is 3.63. The first-order chi connectivity index (χ1) is 22.2. The quantitative estimate of drug-likeness (QED) is 0.124. The van der Waals surface area contributed by atoms with Crippen LogP contribution in [-0.2, 0) is 22.4 Å². The van der Waals surface area contributed by atoms with Gasteiger partial charge in [-0.25, -0.2) is 0 Å². The van der Waals surface area contributed by atoms with Crippen molar-refractivity contribution in [1.29, 1.82) is 0 Å². The maximum atomic E-state index is 4.40. The fraction of sp³-hybridized carbons (Fsp3) is 0.286. The van der Waals surface area contributed by atoms with Gasteiger partial charge in [0.05, 0.1) is 0 Å². The zero-order chi connectivity index (χ0) is 32.5. The predicted octanol–water partition coefficient (Wildman–Crippen LogP) is 11.9. The smallest absolute Gasteiger partial charge is 0.0345 e. The molecule has 0 spiro atoms. The Balaban J connectivity index is 0.000000256. The Hall–Kier alpha value is -3.83. The molecule has 1 aliphatic rings. The van der Waals surface area contributed by atoms with Crippen molar-refractivity contribution in [3.63, 3.8) is 0 Å². The summed E-state index contributed by atoms with van der Waals surface area (Å²) < 4.78 is 0. The van der Waals surface area contributed by atoms with Crippen molar-refractivity contribution in [3.8, 4) is 0 Å². The molecule has 0 atom stereocenters. The molecule has 0 bridgehead atoms. The first kappa shape index (κ1) is 34.5. The van der Waals surface area contributed by atoms with Crippen molar-refractivity contribution in [2.45, 2.75) is 79.1 Å². The molecule has 6 aromatic rings. The standard InChI is InChI=1S/C31H39N2.C11H7N2.Au/c1-20(2)24-13-11-14-25(21(3)4)30(24)32-19-33(29-18-10-9-17-28(29)32)31-26(22(5)6)15-12-16-27(31)23(7)8;1-2-6-10-8(4-1)9-5-3-7-12-11(9)13-10;/h9-23H,1-8H3;1-7H;/q2*-1;. The SMILES string of the molecule is CC(C)c1cccc(C(C)C)c1N1[CH-]N(c2c(C(C)C)cccc2C(C)C)c2ccccc21.[Au].c1ccc2c(c1)[n-]c1ncccc12. The van der Waals surface area contributed by atoms with Crippen molar-refractivity contribution in [1.82, 2.24) is 9.97 Å². The van der Waals surface area contributed by atoms with E-state index in [2.05, 4.69) is 155 Å². The van der Waals surface area contributed by atoms with E-state index < -0.39 is 0 Å². The van der Waals surface area contributed by atoms with Gasteiger partial charge in [0.2, 0.25) is 0 Å². The first-order valence-corrected chi connectivity index (χ1v) is 16.7. The van der Waals surface area contributed by atoms with Crippen LogP contribution in [0.5, 0.6) is 0 Å². The first-order valence-electron chi connectivity index (χ1n) is 16.7. The summed E-state index contributed by atoms with van der Waals surface area (Å²) in [4.78, 5) is 13.5. The molecule has 0 aliphatic carbocycles. The number of nitrogens with zero attached hydrogens (tertiary/aromatic N) is 4. The normalized spacial score (nSPS) is 12.7. The second kappa shape index (κ2) is 14.5. The van der Waals surface area contributed by atoms with Crippen LogP contribution in [0.2, 0.25) is 0 Å². The van der Waals surface area contributed by atoms with Crippen molar-refractivity contribution in [2.24, 2.45) is 0 Å². The summed E-state index contributed by atoms with van der Waals surface area (Å²) in [5.74, 6) is 1.79. The zero-order valence-electron chi connectivity index (χ0n) is 28.8. The second-order valence-corrected chi connectivity index (χ2v) is 13.5. The summed E-state index contributed by atoms with van der Waals surface area (Å²) in [6.07, 6.45) is 1.77. The van der Waals surface area contributed by atoms with Gasteiger partial charge in [0, 0.05) is 45.1 Å². The molecule has 1 radical (unpaired) electrons. The van der Waals surface area contributed by atoms with Gasteiger partial charge in [-0.3, -0.25) is 0 Å². The summed E-state index contributed by atoms with van der Waals surface area (Å²) in [6.45, 7) is 20.7. The summed E-state index contributed by atoms with van der Waals surface area (Å²) in [6, 6.07) is 34.6. The van der Waals surface area contributed by atoms with Crippen LogP contribution in [0.25, 0.3) is 21.9 Å². The Kier molecular flexibility index (Phi) is 10.7. The molecule has 47 heavy (non-hydrogen) atoms. The van der Waals surface area contributed by atoms with Gasteiger partial charge in [0.1, 0.15) is 0 Å². The zero-order valence-corrected chi connectivity index (χ0v) is 31.0. The Morgan fingerprint density at radius 3 is 1.40 bits per heavy atom. The molecule has 0 fully saturated rings. The molecule has 3 heterocycles. The fourth-order valence-electron chi connectivity index (χ4n) is 6.66. The van der Waals surface area contributed by atoms with Gasteiger partial charge in [-0.1, -0.05) is 152 Å². The van der Waals surface area contributed by atoms with E-state index in [1.165, 1.54) is 50.4 Å². The number of rotatable bonds is 6. The Morgan fingerprint density at radius 2 is 0.936 bits per heavy atom. The van der Waals surface area contributed by atoms with Crippen LogP contribution in [-0.4, -0.2) is 4.98 Å². The number of aromatic nitrogens is 2. The Bertz CT molecular complexity index is 1780. The molecule has 0 saturated carbocycles. The van der Waals surface area contributed by atoms with E-state index in [1.807, 2.05) is 24.3 Å².